The lowest BCUT2D eigenvalue weighted by Gasteiger charge is -2.37. The Morgan fingerprint density at radius 3 is 2.40 bits per heavy atom. The van der Waals surface area contributed by atoms with E-state index >= 15 is 0 Å². The van der Waals surface area contributed by atoms with E-state index < -0.39 is 10.0 Å². The predicted octanol–water partition coefficient (Wildman–Crippen LogP) is 2.24. The van der Waals surface area contributed by atoms with Gasteiger partial charge in [0, 0.05) is 18.6 Å². The first-order valence-electron chi connectivity index (χ1n) is 7.23. The summed E-state index contributed by atoms with van der Waals surface area (Å²) in [4.78, 5) is 0. The highest BCUT2D eigenvalue weighted by Crippen LogP contribution is 2.27. The van der Waals surface area contributed by atoms with Crippen LogP contribution in [0.5, 0.6) is 0 Å². The topological polar surface area (TPSA) is 63.4 Å². The molecule has 1 aliphatic heterocycles. The van der Waals surface area contributed by atoms with Gasteiger partial charge in [-0.3, -0.25) is 0 Å². The van der Waals surface area contributed by atoms with Crippen LogP contribution in [0.3, 0.4) is 0 Å². The van der Waals surface area contributed by atoms with Gasteiger partial charge >= 0.3 is 0 Å². The maximum Gasteiger partial charge on any atom is 0.218 e. The Hall–Kier alpha value is -0.910. The molecule has 0 spiro atoms. The maximum atomic E-state index is 12.7. The zero-order valence-corrected chi connectivity index (χ0v) is 13.1. The van der Waals surface area contributed by atoms with Crippen LogP contribution in [-0.4, -0.2) is 24.8 Å². The molecule has 1 fully saturated rings. The van der Waals surface area contributed by atoms with Crippen molar-refractivity contribution in [3.05, 3.63) is 35.4 Å². The van der Waals surface area contributed by atoms with Crippen LogP contribution in [-0.2, 0) is 22.3 Å². The number of sulfonamides is 1. The van der Waals surface area contributed by atoms with Crippen LogP contribution < -0.4 is 5.73 Å². The molecule has 1 saturated heterocycles. The van der Waals surface area contributed by atoms with Gasteiger partial charge in [0.2, 0.25) is 10.0 Å². The van der Waals surface area contributed by atoms with Gasteiger partial charge in [-0.05, 0) is 37.8 Å². The van der Waals surface area contributed by atoms with E-state index in [1.54, 1.807) is 4.31 Å². The van der Waals surface area contributed by atoms with Gasteiger partial charge in [-0.2, -0.15) is 4.31 Å². The highest BCUT2D eigenvalue weighted by atomic mass is 32.2. The minimum Gasteiger partial charge on any atom is -0.326 e. The van der Waals surface area contributed by atoms with Crippen LogP contribution in [0.4, 0.5) is 0 Å². The third-order valence-corrected chi connectivity index (χ3v) is 6.07. The molecule has 2 unspecified atom stereocenters. The number of hydrogen-bond donors (Lipinski definition) is 1. The van der Waals surface area contributed by atoms with Crippen LogP contribution in [0.1, 0.15) is 44.2 Å². The zero-order valence-electron chi connectivity index (χ0n) is 12.2. The lowest BCUT2D eigenvalue weighted by atomic mass is 10.0. The van der Waals surface area contributed by atoms with E-state index in [1.807, 2.05) is 38.1 Å². The van der Waals surface area contributed by atoms with Gasteiger partial charge < -0.3 is 5.73 Å². The zero-order chi connectivity index (χ0) is 14.8. The third kappa shape index (κ3) is 3.40. The molecule has 1 aliphatic rings. The molecule has 0 aliphatic carbocycles. The van der Waals surface area contributed by atoms with Gasteiger partial charge in [-0.25, -0.2) is 8.42 Å². The monoisotopic (exact) mass is 296 g/mol. The third-order valence-electron chi connectivity index (χ3n) is 4.01. The fourth-order valence-corrected chi connectivity index (χ4v) is 5.13. The summed E-state index contributed by atoms with van der Waals surface area (Å²) >= 11 is 0. The van der Waals surface area contributed by atoms with Crippen LogP contribution >= 0.6 is 0 Å². The summed E-state index contributed by atoms with van der Waals surface area (Å²) in [5.41, 5.74) is 7.40. The highest BCUT2D eigenvalue weighted by Gasteiger charge is 2.34. The molecule has 1 aromatic rings. The number of hydrogen-bond acceptors (Lipinski definition) is 3. The molecular weight excluding hydrogens is 272 g/mol. The summed E-state index contributed by atoms with van der Waals surface area (Å²) in [6, 6.07) is 7.73. The van der Waals surface area contributed by atoms with Crippen molar-refractivity contribution in [2.75, 3.05) is 0 Å². The van der Waals surface area contributed by atoms with Crippen LogP contribution in [0.2, 0.25) is 0 Å². The molecule has 0 aromatic heterocycles. The second kappa shape index (κ2) is 6.24. The van der Waals surface area contributed by atoms with Gasteiger partial charge in [0.15, 0.2) is 0 Å². The van der Waals surface area contributed by atoms with Crippen molar-refractivity contribution in [1.82, 2.24) is 4.31 Å². The smallest absolute Gasteiger partial charge is 0.218 e. The molecule has 0 amide bonds. The number of piperidine rings is 1. The normalized spacial score (nSPS) is 24.8. The first-order chi connectivity index (χ1) is 9.44. The number of nitrogens with two attached hydrogens (primary N) is 1. The Morgan fingerprint density at radius 2 is 1.80 bits per heavy atom. The Balaban J connectivity index is 2.21. The average molecular weight is 296 g/mol. The lowest BCUT2D eigenvalue weighted by Crippen LogP contribution is -2.47. The average Bonchev–Trinajstić information content (AvgIpc) is 2.37. The summed E-state index contributed by atoms with van der Waals surface area (Å²) in [7, 11) is -3.27. The maximum absolute atomic E-state index is 12.7. The fourth-order valence-electron chi connectivity index (χ4n) is 3.08. The first-order valence-corrected chi connectivity index (χ1v) is 8.84. The summed E-state index contributed by atoms with van der Waals surface area (Å²) in [6.45, 7) is 4.44. The summed E-state index contributed by atoms with van der Waals surface area (Å²) in [5.74, 6) is 0.0650. The Labute approximate surface area is 122 Å². The minimum absolute atomic E-state index is 0.0650. The van der Waals surface area contributed by atoms with Crippen molar-refractivity contribution in [3.63, 3.8) is 0 Å². The van der Waals surface area contributed by atoms with E-state index in [4.69, 9.17) is 5.73 Å². The Kier molecular flexibility index (Phi) is 4.83. The van der Waals surface area contributed by atoms with Crippen molar-refractivity contribution in [2.45, 2.75) is 57.5 Å². The van der Waals surface area contributed by atoms with Crippen LogP contribution in [0.25, 0.3) is 0 Å². The van der Waals surface area contributed by atoms with Gasteiger partial charge in [0.1, 0.15) is 0 Å². The molecule has 4 nitrogen and oxygen atoms in total. The van der Waals surface area contributed by atoms with Crippen molar-refractivity contribution < 1.29 is 8.42 Å². The van der Waals surface area contributed by atoms with E-state index in [2.05, 4.69) is 0 Å². The standard InChI is InChI=1S/C15H24N2O2S/c1-12-5-3-6-13(2)17(12)20(18,19)11-15-8-4-7-14(9-15)10-16/h4,7-9,12-13H,3,5-6,10-11,16H2,1-2H3. The minimum atomic E-state index is -3.27. The van der Waals surface area contributed by atoms with E-state index in [1.165, 1.54) is 0 Å². The molecule has 1 heterocycles. The van der Waals surface area contributed by atoms with Crippen molar-refractivity contribution >= 4 is 10.0 Å². The van der Waals surface area contributed by atoms with Gasteiger partial charge in [-0.15, -0.1) is 0 Å². The van der Waals surface area contributed by atoms with Crippen LogP contribution in [0, 0.1) is 0 Å². The summed E-state index contributed by atoms with van der Waals surface area (Å²) < 4.78 is 27.0. The number of nitrogens with zero attached hydrogens (tertiary/aromatic N) is 1. The molecule has 2 atom stereocenters. The largest absolute Gasteiger partial charge is 0.326 e. The predicted molar refractivity (Wildman–Crippen MR) is 81.6 cm³/mol. The lowest BCUT2D eigenvalue weighted by molar-refractivity contribution is 0.204. The Bertz CT molecular complexity index is 547. The molecule has 5 heteroatoms. The molecule has 20 heavy (non-hydrogen) atoms. The van der Waals surface area contributed by atoms with E-state index in [-0.39, 0.29) is 17.8 Å². The molecule has 2 rings (SSSR count). The van der Waals surface area contributed by atoms with E-state index in [0.717, 1.165) is 30.4 Å². The van der Waals surface area contributed by atoms with Crippen molar-refractivity contribution in [3.8, 4) is 0 Å². The number of benzene rings is 1. The van der Waals surface area contributed by atoms with Crippen molar-refractivity contribution in [2.24, 2.45) is 5.73 Å². The second-order valence-electron chi connectivity index (χ2n) is 5.74. The SMILES string of the molecule is CC1CCCC(C)N1S(=O)(=O)Cc1cccc(CN)c1. The number of rotatable bonds is 4. The summed E-state index contributed by atoms with van der Waals surface area (Å²) in [5, 5.41) is 0. The van der Waals surface area contributed by atoms with Gasteiger partial charge in [0.05, 0.1) is 5.75 Å². The quantitative estimate of drug-likeness (QED) is 0.927. The molecule has 0 radical (unpaired) electrons. The Morgan fingerprint density at radius 1 is 1.20 bits per heavy atom. The van der Waals surface area contributed by atoms with Gasteiger partial charge in [0.25, 0.3) is 0 Å². The molecule has 2 N–H and O–H groups in total. The van der Waals surface area contributed by atoms with Crippen LogP contribution in [0.15, 0.2) is 24.3 Å². The molecule has 112 valence electrons. The van der Waals surface area contributed by atoms with E-state index in [9.17, 15) is 8.42 Å². The first kappa shape index (κ1) is 15.5. The van der Waals surface area contributed by atoms with Gasteiger partial charge in [-0.1, -0.05) is 30.7 Å². The highest BCUT2D eigenvalue weighted by molar-refractivity contribution is 7.88. The molecule has 0 bridgehead atoms. The molecular formula is C15H24N2O2S. The molecule has 1 aromatic carbocycles. The fraction of sp³-hybridized carbons (Fsp3) is 0.600. The molecule has 0 saturated carbocycles. The van der Waals surface area contributed by atoms with E-state index in [0.29, 0.717) is 6.54 Å². The summed E-state index contributed by atoms with van der Waals surface area (Å²) in [6.07, 6.45) is 3.01. The second-order valence-corrected chi connectivity index (χ2v) is 7.61. The van der Waals surface area contributed by atoms with Crippen molar-refractivity contribution in [1.29, 1.82) is 0 Å².